The van der Waals surface area contributed by atoms with Gasteiger partial charge in [0.1, 0.15) is 5.75 Å². The third-order valence-corrected chi connectivity index (χ3v) is 6.40. The van der Waals surface area contributed by atoms with E-state index < -0.39 is 10.0 Å². The van der Waals surface area contributed by atoms with Crippen LogP contribution in [0.5, 0.6) is 5.75 Å². The molecule has 7 heteroatoms. The standard InChI is InChI=1S/C24H26N2O4S/c1-4-22(18-8-6-5-7-9-18)25-24(27)19-10-15-23(17(2)16-19)26-31(28,29)21-13-11-20(30-3)12-14-21/h5-16,22,26H,4H2,1-3H3,(H,25,27). The number of hydrogen-bond acceptors (Lipinski definition) is 4. The third kappa shape index (κ3) is 5.44. The first kappa shape index (κ1) is 22.4. The van der Waals surface area contributed by atoms with E-state index in [9.17, 15) is 13.2 Å². The normalized spacial score (nSPS) is 12.1. The van der Waals surface area contributed by atoms with E-state index >= 15 is 0 Å². The molecule has 0 heterocycles. The molecule has 1 atom stereocenters. The molecular weight excluding hydrogens is 412 g/mol. The molecule has 0 aliphatic rings. The van der Waals surface area contributed by atoms with Gasteiger partial charge in [0.2, 0.25) is 0 Å². The Balaban J connectivity index is 1.75. The summed E-state index contributed by atoms with van der Waals surface area (Å²) in [4.78, 5) is 12.9. The Labute approximate surface area is 183 Å². The Kier molecular flexibility index (Phi) is 6.97. The zero-order chi connectivity index (χ0) is 22.4. The first-order chi connectivity index (χ1) is 14.8. The first-order valence-corrected chi connectivity index (χ1v) is 11.5. The largest absolute Gasteiger partial charge is 0.497 e. The Morgan fingerprint density at radius 3 is 2.26 bits per heavy atom. The number of aryl methyl sites for hydroxylation is 1. The molecule has 0 spiro atoms. The molecule has 0 radical (unpaired) electrons. The maximum atomic E-state index is 12.8. The SMILES string of the molecule is CCC(NC(=O)c1ccc(NS(=O)(=O)c2ccc(OC)cc2)c(C)c1)c1ccccc1. The van der Waals surface area contributed by atoms with Gasteiger partial charge in [-0.3, -0.25) is 9.52 Å². The van der Waals surface area contributed by atoms with Crippen LogP contribution in [0.2, 0.25) is 0 Å². The molecule has 0 fully saturated rings. The van der Waals surface area contributed by atoms with Gasteiger partial charge in [-0.05, 0) is 66.9 Å². The van der Waals surface area contributed by atoms with Crippen LogP contribution in [-0.4, -0.2) is 21.4 Å². The predicted octanol–water partition coefficient (Wildman–Crippen LogP) is 4.69. The van der Waals surface area contributed by atoms with Gasteiger partial charge >= 0.3 is 0 Å². The van der Waals surface area contributed by atoms with Crippen LogP contribution in [0.25, 0.3) is 0 Å². The van der Waals surface area contributed by atoms with Crippen LogP contribution in [0.4, 0.5) is 5.69 Å². The van der Waals surface area contributed by atoms with Gasteiger partial charge in [-0.2, -0.15) is 0 Å². The Morgan fingerprint density at radius 1 is 1.00 bits per heavy atom. The summed E-state index contributed by atoms with van der Waals surface area (Å²) in [6.07, 6.45) is 0.758. The molecule has 3 aromatic carbocycles. The van der Waals surface area contributed by atoms with Crippen molar-refractivity contribution in [3.63, 3.8) is 0 Å². The highest BCUT2D eigenvalue weighted by Crippen LogP contribution is 2.23. The predicted molar refractivity (Wildman–Crippen MR) is 122 cm³/mol. The molecule has 0 aliphatic heterocycles. The fraction of sp³-hybridized carbons (Fsp3) is 0.208. The molecule has 6 nitrogen and oxygen atoms in total. The lowest BCUT2D eigenvalue weighted by Gasteiger charge is -2.18. The van der Waals surface area contributed by atoms with Gasteiger partial charge < -0.3 is 10.1 Å². The summed E-state index contributed by atoms with van der Waals surface area (Å²) in [5.41, 5.74) is 2.58. The number of methoxy groups -OCH3 is 1. The lowest BCUT2D eigenvalue weighted by Crippen LogP contribution is -2.28. The number of carbonyl (C=O) groups excluding carboxylic acids is 1. The summed E-state index contributed by atoms with van der Waals surface area (Å²) in [7, 11) is -2.24. The monoisotopic (exact) mass is 438 g/mol. The molecule has 0 saturated heterocycles. The average molecular weight is 439 g/mol. The van der Waals surface area contributed by atoms with Crippen LogP contribution >= 0.6 is 0 Å². The number of amides is 1. The van der Waals surface area contributed by atoms with Crippen LogP contribution in [0.3, 0.4) is 0 Å². The van der Waals surface area contributed by atoms with E-state index in [-0.39, 0.29) is 16.8 Å². The van der Waals surface area contributed by atoms with Crippen molar-refractivity contribution in [1.29, 1.82) is 0 Å². The maximum absolute atomic E-state index is 12.8. The van der Waals surface area contributed by atoms with Crippen molar-refractivity contribution in [3.05, 3.63) is 89.5 Å². The van der Waals surface area contributed by atoms with Crippen LogP contribution < -0.4 is 14.8 Å². The number of hydrogen-bond donors (Lipinski definition) is 2. The van der Waals surface area contributed by atoms with Gasteiger partial charge in [-0.1, -0.05) is 37.3 Å². The summed E-state index contributed by atoms with van der Waals surface area (Å²) in [6, 6.07) is 20.7. The van der Waals surface area contributed by atoms with E-state index in [2.05, 4.69) is 10.0 Å². The minimum absolute atomic E-state index is 0.0951. The third-order valence-electron chi connectivity index (χ3n) is 5.02. The van der Waals surface area contributed by atoms with Gasteiger partial charge in [-0.15, -0.1) is 0 Å². The van der Waals surface area contributed by atoms with E-state index in [0.29, 0.717) is 22.6 Å². The van der Waals surface area contributed by atoms with Crippen LogP contribution in [-0.2, 0) is 10.0 Å². The summed E-state index contributed by atoms with van der Waals surface area (Å²) < 4.78 is 33.0. The quantitative estimate of drug-likeness (QED) is 0.535. The van der Waals surface area contributed by atoms with Gasteiger partial charge in [0.25, 0.3) is 15.9 Å². The summed E-state index contributed by atoms with van der Waals surface area (Å²) in [6.45, 7) is 3.78. The average Bonchev–Trinajstić information content (AvgIpc) is 2.79. The Morgan fingerprint density at radius 2 is 1.68 bits per heavy atom. The highest BCUT2D eigenvalue weighted by Gasteiger charge is 2.18. The molecule has 31 heavy (non-hydrogen) atoms. The first-order valence-electron chi connectivity index (χ1n) is 9.97. The minimum Gasteiger partial charge on any atom is -0.497 e. The topological polar surface area (TPSA) is 84.5 Å². The second kappa shape index (κ2) is 9.66. The summed E-state index contributed by atoms with van der Waals surface area (Å²) in [5.74, 6) is 0.370. The highest BCUT2D eigenvalue weighted by molar-refractivity contribution is 7.92. The van der Waals surface area contributed by atoms with Crippen molar-refractivity contribution in [2.24, 2.45) is 0 Å². The number of anilines is 1. The number of carbonyl (C=O) groups is 1. The second-order valence-electron chi connectivity index (χ2n) is 7.16. The van der Waals surface area contributed by atoms with E-state index in [4.69, 9.17) is 4.74 Å². The van der Waals surface area contributed by atoms with Crippen LogP contribution in [0.1, 0.15) is 40.9 Å². The van der Waals surface area contributed by atoms with Crippen molar-refractivity contribution in [2.75, 3.05) is 11.8 Å². The zero-order valence-corrected chi connectivity index (χ0v) is 18.6. The van der Waals surface area contributed by atoms with Gasteiger partial charge in [0.15, 0.2) is 0 Å². The van der Waals surface area contributed by atoms with Crippen molar-refractivity contribution in [1.82, 2.24) is 5.32 Å². The zero-order valence-electron chi connectivity index (χ0n) is 17.8. The van der Waals surface area contributed by atoms with E-state index in [0.717, 1.165) is 12.0 Å². The number of sulfonamides is 1. The van der Waals surface area contributed by atoms with E-state index in [1.54, 1.807) is 37.3 Å². The van der Waals surface area contributed by atoms with Gasteiger partial charge in [0, 0.05) is 5.56 Å². The summed E-state index contributed by atoms with van der Waals surface area (Å²) in [5, 5.41) is 3.04. The molecule has 1 amide bonds. The molecule has 3 aromatic rings. The number of rotatable bonds is 8. The smallest absolute Gasteiger partial charge is 0.261 e. The molecule has 0 saturated carbocycles. The molecule has 0 aromatic heterocycles. The van der Waals surface area contributed by atoms with Crippen molar-refractivity contribution >= 4 is 21.6 Å². The molecule has 162 valence electrons. The lowest BCUT2D eigenvalue weighted by molar-refractivity contribution is 0.0935. The fourth-order valence-corrected chi connectivity index (χ4v) is 4.36. The van der Waals surface area contributed by atoms with Crippen molar-refractivity contribution < 1.29 is 17.9 Å². The molecule has 0 aliphatic carbocycles. The van der Waals surface area contributed by atoms with Crippen LogP contribution in [0.15, 0.2) is 77.7 Å². The van der Waals surface area contributed by atoms with E-state index in [1.807, 2.05) is 37.3 Å². The van der Waals surface area contributed by atoms with Crippen LogP contribution in [0, 0.1) is 6.92 Å². The minimum atomic E-state index is -3.76. The molecule has 0 bridgehead atoms. The number of benzene rings is 3. The lowest BCUT2D eigenvalue weighted by atomic mass is 10.0. The maximum Gasteiger partial charge on any atom is 0.261 e. The second-order valence-corrected chi connectivity index (χ2v) is 8.84. The van der Waals surface area contributed by atoms with Gasteiger partial charge in [0.05, 0.1) is 23.7 Å². The molecular formula is C24H26N2O4S. The highest BCUT2D eigenvalue weighted by atomic mass is 32.2. The van der Waals surface area contributed by atoms with Gasteiger partial charge in [-0.25, -0.2) is 8.42 Å². The molecule has 1 unspecified atom stereocenters. The van der Waals surface area contributed by atoms with Crippen molar-refractivity contribution in [3.8, 4) is 5.75 Å². The molecule has 2 N–H and O–H groups in total. The number of nitrogens with one attached hydrogen (secondary N) is 2. The van der Waals surface area contributed by atoms with E-state index in [1.165, 1.54) is 19.2 Å². The molecule has 3 rings (SSSR count). The number of ether oxygens (including phenoxy) is 1. The fourth-order valence-electron chi connectivity index (χ4n) is 3.23. The summed E-state index contributed by atoms with van der Waals surface area (Å²) >= 11 is 0. The van der Waals surface area contributed by atoms with Crippen molar-refractivity contribution in [2.45, 2.75) is 31.2 Å². The Bertz CT molecular complexity index is 1140. The Hall–Kier alpha value is -3.32.